The van der Waals surface area contributed by atoms with E-state index in [1.54, 1.807) is 19.1 Å². The molecule has 2 unspecified atom stereocenters. The molecule has 0 bridgehead atoms. The van der Waals surface area contributed by atoms with Gasteiger partial charge in [-0.25, -0.2) is 4.79 Å². The molecule has 3 saturated carbocycles. The maximum Gasteiger partial charge on any atom is 0.332 e. The summed E-state index contributed by atoms with van der Waals surface area (Å²) < 4.78 is 15.9. The number of carbonyl (C=O) groups excluding carboxylic acids is 4. The van der Waals surface area contributed by atoms with Crippen molar-refractivity contribution in [1.82, 2.24) is 0 Å². The van der Waals surface area contributed by atoms with Crippen molar-refractivity contribution in [3.05, 3.63) is 23.8 Å². The smallest absolute Gasteiger partial charge is 0.332 e. The Balaban J connectivity index is 1.71. The normalized spacial score (nSPS) is 41.0. The van der Waals surface area contributed by atoms with E-state index >= 15 is 0 Å². The lowest BCUT2D eigenvalue weighted by Gasteiger charge is -2.61. The van der Waals surface area contributed by atoms with E-state index in [0.29, 0.717) is 12.8 Å². The number of ketones is 2. The highest BCUT2D eigenvalue weighted by molar-refractivity contribution is 6.01. The van der Waals surface area contributed by atoms with Crippen LogP contribution in [0, 0.1) is 34.5 Å². The molecule has 8 heteroatoms. The van der Waals surface area contributed by atoms with Crippen molar-refractivity contribution in [3.63, 3.8) is 0 Å². The van der Waals surface area contributed by atoms with Crippen molar-refractivity contribution in [1.29, 1.82) is 0 Å². The van der Waals surface area contributed by atoms with Gasteiger partial charge in [-0.2, -0.15) is 0 Å². The van der Waals surface area contributed by atoms with Crippen molar-refractivity contribution < 1.29 is 38.5 Å². The van der Waals surface area contributed by atoms with Gasteiger partial charge in [0.1, 0.15) is 6.61 Å². The van der Waals surface area contributed by atoms with Crippen LogP contribution in [0.15, 0.2) is 23.8 Å². The third-order valence-corrected chi connectivity index (χ3v) is 9.59. The summed E-state index contributed by atoms with van der Waals surface area (Å²) in [7, 11) is 1.36. The molecule has 0 radical (unpaired) electrons. The van der Waals surface area contributed by atoms with Crippen LogP contribution in [0.25, 0.3) is 0 Å². The Morgan fingerprint density at radius 1 is 1.17 bits per heavy atom. The minimum Gasteiger partial charge on any atom is -0.456 e. The predicted octanol–water partition coefficient (Wildman–Crippen LogP) is 2.96. The minimum atomic E-state index is -1.48. The van der Waals surface area contributed by atoms with E-state index in [1.165, 1.54) is 7.11 Å². The summed E-state index contributed by atoms with van der Waals surface area (Å²) in [5.74, 6) is -1.54. The first-order valence-corrected chi connectivity index (χ1v) is 13.0. The van der Waals surface area contributed by atoms with Gasteiger partial charge in [-0.1, -0.05) is 39.3 Å². The maximum absolute atomic E-state index is 13.7. The summed E-state index contributed by atoms with van der Waals surface area (Å²) in [5, 5.41) is 11.7. The first-order valence-electron chi connectivity index (χ1n) is 13.0. The van der Waals surface area contributed by atoms with Gasteiger partial charge in [0.15, 0.2) is 18.0 Å². The third-order valence-electron chi connectivity index (χ3n) is 9.59. The van der Waals surface area contributed by atoms with Crippen molar-refractivity contribution >= 4 is 23.5 Å². The fraction of sp³-hybridized carbons (Fsp3) is 0.714. The van der Waals surface area contributed by atoms with Gasteiger partial charge in [0.25, 0.3) is 0 Å². The van der Waals surface area contributed by atoms with Crippen LogP contribution < -0.4 is 0 Å². The molecule has 0 saturated heterocycles. The molecular weight excluding hydrogens is 464 g/mol. The SMILES string of the molecule is CCC(=O)O[C@]1(C(=O)COC(=O)COC)CC[C@H]2[C@@H]3CC(C)C4=CC(=O)C=C[C@]4(C)[C@H]3C(O)C[C@@]21C. The van der Waals surface area contributed by atoms with E-state index in [0.717, 1.165) is 12.0 Å². The zero-order valence-electron chi connectivity index (χ0n) is 21.9. The largest absolute Gasteiger partial charge is 0.456 e. The highest BCUT2D eigenvalue weighted by Crippen LogP contribution is 2.68. The van der Waals surface area contributed by atoms with Gasteiger partial charge in [0.05, 0.1) is 6.10 Å². The first-order chi connectivity index (χ1) is 16.9. The van der Waals surface area contributed by atoms with Crippen molar-refractivity contribution in [2.75, 3.05) is 20.3 Å². The zero-order valence-corrected chi connectivity index (χ0v) is 21.9. The third kappa shape index (κ3) is 3.97. The fourth-order valence-corrected chi connectivity index (χ4v) is 8.11. The molecule has 0 amide bonds. The Morgan fingerprint density at radius 3 is 2.56 bits per heavy atom. The second kappa shape index (κ2) is 9.53. The number of hydrogen-bond donors (Lipinski definition) is 1. The number of aliphatic hydroxyl groups is 1. The lowest BCUT2D eigenvalue weighted by Crippen LogP contribution is -2.63. The molecule has 0 aromatic carbocycles. The second-order valence-corrected chi connectivity index (χ2v) is 11.5. The van der Waals surface area contributed by atoms with Crippen molar-refractivity contribution in [2.45, 2.75) is 71.5 Å². The van der Waals surface area contributed by atoms with Gasteiger partial charge in [0.2, 0.25) is 5.78 Å². The molecule has 1 N–H and O–H groups in total. The average molecular weight is 503 g/mol. The molecule has 4 aliphatic carbocycles. The molecule has 0 aromatic heterocycles. The molecule has 0 spiro atoms. The van der Waals surface area contributed by atoms with Crippen molar-refractivity contribution in [3.8, 4) is 0 Å². The van der Waals surface area contributed by atoms with Gasteiger partial charge < -0.3 is 19.3 Å². The van der Waals surface area contributed by atoms with Gasteiger partial charge in [-0.3, -0.25) is 14.4 Å². The molecule has 36 heavy (non-hydrogen) atoms. The quantitative estimate of drug-likeness (QED) is 0.528. The van der Waals surface area contributed by atoms with Crippen LogP contribution in [0.2, 0.25) is 0 Å². The highest BCUT2D eigenvalue weighted by atomic mass is 16.6. The molecule has 8 nitrogen and oxygen atoms in total. The van der Waals surface area contributed by atoms with Crippen LogP contribution in [-0.4, -0.2) is 60.6 Å². The molecule has 4 aliphatic rings. The molecule has 3 fully saturated rings. The highest BCUT2D eigenvalue weighted by Gasteiger charge is 2.70. The minimum absolute atomic E-state index is 0.0148. The number of esters is 2. The Bertz CT molecular complexity index is 1010. The lowest BCUT2D eigenvalue weighted by molar-refractivity contribution is -0.202. The Morgan fingerprint density at radius 2 is 1.89 bits per heavy atom. The number of rotatable bonds is 7. The number of fused-ring (bicyclic) bond motifs is 5. The van der Waals surface area contributed by atoms with Gasteiger partial charge in [-0.05, 0) is 55.6 Å². The molecule has 0 heterocycles. The van der Waals surface area contributed by atoms with Crippen LogP contribution in [0.4, 0.5) is 0 Å². The fourth-order valence-electron chi connectivity index (χ4n) is 8.11. The molecular formula is C28H38O8. The average Bonchev–Trinajstić information content (AvgIpc) is 3.11. The van der Waals surface area contributed by atoms with E-state index in [-0.39, 0.29) is 48.9 Å². The molecule has 0 aliphatic heterocycles. The Labute approximate surface area is 212 Å². The summed E-state index contributed by atoms with van der Waals surface area (Å²) >= 11 is 0. The summed E-state index contributed by atoms with van der Waals surface area (Å²) in [4.78, 5) is 50.4. The van der Waals surface area contributed by atoms with Gasteiger partial charge in [-0.15, -0.1) is 0 Å². The number of carbonyl (C=O) groups is 4. The summed E-state index contributed by atoms with van der Waals surface area (Å²) in [6.45, 7) is 7.04. The number of hydrogen-bond acceptors (Lipinski definition) is 8. The Kier molecular flexibility index (Phi) is 7.07. The lowest BCUT2D eigenvalue weighted by atomic mass is 9.44. The second-order valence-electron chi connectivity index (χ2n) is 11.5. The van der Waals surface area contributed by atoms with E-state index in [1.807, 2.05) is 13.0 Å². The van der Waals surface area contributed by atoms with E-state index < -0.39 is 46.9 Å². The number of methoxy groups -OCH3 is 1. The topological polar surface area (TPSA) is 116 Å². The molecule has 198 valence electrons. The van der Waals surface area contributed by atoms with Crippen LogP contribution in [0.5, 0.6) is 0 Å². The van der Waals surface area contributed by atoms with E-state index in [4.69, 9.17) is 14.2 Å². The van der Waals surface area contributed by atoms with Crippen LogP contribution in [-0.2, 0) is 33.4 Å². The number of aliphatic hydroxyl groups excluding tert-OH is 1. The van der Waals surface area contributed by atoms with Crippen molar-refractivity contribution in [2.24, 2.45) is 34.5 Å². The number of ether oxygens (including phenoxy) is 3. The molecule has 4 rings (SSSR count). The van der Waals surface area contributed by atoms with Crippen LogP contribution in [0.1, 0.15) is 59.8 Å². The van der Waals surface area contributed by atoms with Crippen LogP contribution in [0.3, 0.4) is 0 Å². The van der Waals surface area contributed by atoms with E-state index in [2.05, 4.69) is 13.8 Å². The summed E-state index contributed by atoms with van der Waals surface area (Å²) in [6, 6.07) is 0. The molecule has 8 atom stereocenters. The monoisotopic (exact) mass is 502 g/mol. The molecule has 0 aromatic rings. The summed E-state index contributed by atoms with van der Waals surface area (Å²) in [5.41, 5.74) is -1.71. The number of Topliss-reactive ketones (excluding diaryl/α,β-unsaturated/α-hetero) is 1. The summed E-state index contributed by atoms with van der Waals surface area (Å²) in [6.07, 6.45) is 6.63. The standard InChI is InChI=1S/C28H38O8/c1-6-23(32)36-28(22(31)14-35-24(33)15-34-5)10-8-19-18-11-16(2)20-12-17(29)7-9-26(20,3)25(18)21(30)13-27(19,28)4/h7,9,12,16,18-19,21,25,30H,6,8,10-11,13-15H2,1-5H3/t16?,18-,19-,21?,25+,26-,27-,28-/m0/s1. The van der Waals surface area contributed by atoms with E-state index in [9.17, 15) is 24.3 Å². The predicted molar refractivity (Wildman–Crippen MR) is 130 cm³/mol. The maximum atomic E-state index is 13.7. The van der Waals surface area contributed by atoms with Gasteiger partial charge >= 0.3 is 11.9 Å². The number of allylic oxidation sites excluding steroid dienone is 4. The van der Waals surface area contributed by atoms with Gasteiger partial charge in [0, 0.05) is 30.3 Å². The van der Waals surface area contributed by atoms with Crippen LogP contribution >= 0.6 is 0 Å². The Hall–Kier alpha value is -2.32. The zero-order chi connectivity index (χ0) is 26.5. The first kappa shape index (κ1) is 26.7.